The number of nitrogens with two attached hydrogens (primary N) is 1. The minimum atomic E-state index is -1.29. The van der Waals surface area contributed by atoms with Crippen molar-refractivity contribution < 1.29 is 25.1 Å². The minimum Gasteiger partial charge on any atom is -0.480 e. The number of nitrogens with zero attached hydrogens (tertiary/aromatic N) is 1. The number of amides is 1. The highest BCUT2D eigenvalue weighted by Gasteiger charge is 2.13. The van der Waals surface area contributed by atoms with Crippen LogP contribution in [-0.4, -0.2) is 27.9 Å². The highest BCUT2D eigenvalue weighted by Crippen LogP contribution is 2.15. The minimum absolute atomic E-state index is 0.198. The fraction of sp³-hybridized carbons (Fsp3) is 0.273. The molecular formula is C11H13N3O5. The van der Waals surface area contributed by atoms with E-state index in [1.54, 1.807) is 0 Å². The molecule has 0 saturated heterocycles. The number of aliphatic carboxylic acids is 1. The Morgan fingerprint density at radius 2 is 2.05 bits per heavy atom. The molecule has 1 atom stereocenters. The van der Waals surface area contributed by atoms with E-state index in [1.807, 2.05) is 0 Å². The van der Waals surface area contributed by atoms with E-state index in [4.69, 9.17) is 16.3 Å². The number of anilines is 1. The highest BCUT2D eigenvalue weighted by atomic mass is 16.6. The van der Waals surface area contributed by atoms with Gasteiger partial charge in [0.2, 0.25) is 5.91 Å². The number of nitrogens with one attached hydrogen (secondary N) is 1. The van der Waals surface area contributed by atoms with Gasteiger partial charge in [0.1, 0.15) is 6.04 Å². The van der Waals surface area contributed by atoms with Crippen LogP contribution in [0.15, 0.2) is 24.2 Å². The van der Waals surface area contributed by atoms with E-state index in [2.05, 4.69) is 5.32 Å². The standard InChI is InChI=1S/C11H13N3O5/c12-9(11(16)17)5-6-10(15)13-7-1-3-8(4-2-7)14(18)19/h1-4,9H,5-6,12H2,(H,13,15)(H,16,17)/t9-/m0/s1/i1D,2D,3D,4D. The third-order valence-corrected chi connectivity index (χ3v) is 2.06. The van der Waals surface area contributed by atoms with Gasteiger partial charge in [0.15, 0.2) is 0 Å². The Hall–Kier alpha value is -2.48. The zero-order valence-corrected chi connectivity index (χ0v) is 9.60. The molecule has 0 saturated carbocycles. The summed E-state index contributed by atoms with van der Waals surface area (Å²) in [4.78, 5) is 32.0. The summed E-state index contributed by atoms with van der Waals surface area (Å²) in [6.07, 6.45) is -0.528. The number of carbonyl (C=O) groups is 2. The van der Waals surface area contributed by atoms with Gasteiger partial charge in [-0.1, -0.05) is 0 Å². The number of nitro benzene ring substituents is 1. The summed E-state index contributed by atoms with van der Waals surface area (Å²) in [5.74, 6) is -2.08. The number of nitro groups is 1. The van der Waals surface area contributed by atoms with Gasteiger partial charge in [0, 0.05) is 24.2 Å². The van der Waals surface area contributed by atoms with Crippen LogP contribution in [0.1, 0.15) is 18.3 Å². The van der Waals surface area contributed by atoms with Crippen molar-refractivity contribution in [1.82, 2.24) is 0 Å². The predicted octanol–water partition coefficient (Wildman–Crippen LogP) is 0.725. The number of benzene rings is 1. The van der Waals surface area contributed by atoms with Crippen molar-refractivity contribution in [3.8, 4) is 0 Å². The van der Waals surface area contributed by atoms with Crippen LogP contribution in [-0.2, 0) is 9.59 Å². The fourth-order valence-corrected chi connectivity index (χ4v) is 1.07. The van der Waals surface area contributed by atoms with E-state index < -0.39 is 58.4 Å². The lowest BCUT2D eigenvalue weighted by Crippen LogP contribution is -2.31. The van der Waals surface area contributed by atoms with Gasteiger partial charge < -0.3 is 16.2 Å². The van der Waals surface area contributed by atoms with Crippen LogP contribution in [0.2, 0.25) is 0 Å². The molecule has 19 heavy (non-hydrogen) atoms. The molecule has 102 valence electrons. The van der Waals surface area contributed by atoms with Crippen molar-refractivity contribution in [3.05, 3.63) is 34.3 Å². The second-order valence-corrected chi connectivity index (χ2v) is 3.51. The Kier molecular flexibility index (Phi) is 3.21. The van der Waals surface area contributed by atoms with E-state index in [0.29, 0.717) is 0 Å². The van der Waals surface area contributed by atoms with Gasteiger partial charge in [-0.2, -0.15) is 0 Å². The molecule has 0 heterocycles. The summed E-state index contributed by atoms with van der Waals surface area (Å²) in [6.45, 7) is 0. The van der Waals surface area contributed by atoms with Crippen molar-refractivity contribution in [3.63, 3.8) is 0 Å². The smallest absolute Gasteiger partial charge is 0.320 e. The van der Waals surface area contributed by atoms with Crippen LogP contribution in [0.5, 0.6) is 0 Å². The molecule has 1 aromatic rings. The monoisotopic (exact) mass is 271 g/mol. The fourth-order valence-electron chi connectivity index (χ4n) is 1.07. The second kappa shape index (κ2) is 6.45. The number of rotatable bonds is 6. The van der Waals surface area contributed by atoms with E-state index in [9.17, 15) is 19.7 Å². The molecule has 0 bridgehead atoms. The van der Waals surface area contributed by atoms with Gasteiger partial charge >= 0.3 is 5.97 Å². The van der Waals surface area contributed by atoms with E-state index in [-0.39, 0.29) is 12.8 Å². The Morgan fingerprint density at radius 3 is 2.53 bits per heavy atom. The van der Waals surface area contributed by atoms with Crippen LogP contribution in [0.4, 0.5) is 11.4 Å². The molecule has 0 unspecified atom stereocenters. The molecule has 0 radical (unpaired) electrons. The van der Waals surface area contributed by atoms with Crippen molar-refractivity contribution >= 4 is 23.3 Å². The van der Waals surface area contributed by atoms with Crippen molar-refractivity contribution in [2.45, 2.75) is 18.9 Å². The lowest BCUT2D eigenvalue weighted by Gasteiger charge is -2.07. The van der Waals surface area contributed by atoms with Crippen molar-refractivity contribution in [1.29, 1.82) is 0 Å². The maximum absolute atomic E-state index is 11.7. The van der Waals surface area contributed by atoms with E-state index in [1.165, 1.54) is 0 Å². The van der Waals surface area contributed by atoms with Crippen LogP contribution in [0.3, 0.4) is 0 Å². The van der Waals surface area contributed by atoms with Crippen LogP contribution >= 0.6 is 0 Å². The first-order valence-electron chi connectivity index (χ1n) is 7.10. The maximum Gasteiger partial charge on any atom is 0.320 e. The van der Waals surface area contributed by atoms with Gasteiger partial charge in [0.25, 0.3) is 5.69 Å². The molecule has 0 spiro atoms. The molecule has 8 nitrogen and oxygen atoms in total. The molecule has 1 rings (SSSR count). The third kappa shape index (κ3) is 4.72. The number of carbonyl (C=O) groups excluding carboxylic acids is 1. The van der Waals surface area contributed by atoms with Gasteiger partial charge in [-0.25, -0.2) is 0 Å². The summed E-state index contributed by atoms with van der Waals surface area (Å²) >= 11 is 0. The molecule has 1 amide bonds. The average Bonchev–Trinajstić information content (AvgIpc) is 2.46. The van der Waals surface area contributed by atoms with Gasteiger partial charge in [-0.3, -0.25) is 19.7 Å². The quantitative estimate of drug-likeness (QED) is 0.515. The maximum atomic E-state index is 11.7. The largest absolute Gasteiger partial charge is 0.480 e. The zero-order valence-electron chi connectivity index (χ0n) is 13.6. The van der Waals surface area contributed by atoms with Gasteiger partial charge in [-0.15, -0.1) is 0 Å². The van der Waals surface area contributed by atoms with Gasteiger partial charge in [-0.05, 0) is 18.5 Å². The first-order chi connectivity index (χ1) is 10.6. The number of hydrogen-bond acceptors (Lipinski definition) is 5. The molecular weight excluding hydrogens is 254 g/mol. The molecule has 0 aliphatic heterocycles. The molecule has 0 aliphatic rings. The van der Waals surface area contributed by atoms with E-state index in [0.717, 1.165) is 0 Å². The van der Waals surface area contributed by atoms with Gasteiger partial charge in [0.05, 0.1) is 10.4 Å². The first kappa shape index (κ1) is 9.45. The molecule has 0 aromatic heterocycles. The second-order valence-electron chi connectivity index (χ2n) is 3.51. The van der Waals surface area contributed by atoms with E-state index >= 15 is 0 Å². The predicted molar refractivity (Wildman–Crippen MR) is 66.6 cm³/mol. The van der Waals surface area contributed by atoms with Crippen molar-refractivity contribution in [2.75, 3.05) is 5.32 Å². The number of hydrogen-bond donors (Lipinski definition) is 3. The summed E-state index contributed by atoms with van der Waals surface area (Å²) in [6, 6.07) is -4.59. The third-order valence-electron chi connectivity index (χ3n) is 2.06. The van der Waals surface area contributed by atoms with Crippen LogP contribution in [0, 0.1) is 10.1 Å². The number of carboxylic acid groups (broad SMARTS) is 1. The molecule has 1 aromatic carbocycles. The lowest BCUT2D eigenvalue weighted by atomic mass is 10.1. The summed E-state index contributed by atoms with van der Waals surface area (Å²) in [5.41, 5.74) is 3.72. The SMILES string of the molecule is [2H]c1c([2H])c([N+](=O)[O-])c([2H])c([2H])c1NC(=O)CC[C@H](N)C(=O)O. The summed E-state index contributed by atoms with van der Waals surface area (Å²) in [7, 11) is 0. The molecule has 0 aliphatic carbocycles. The highest BCUT2D eigenvalue weighted by molar-refractivity contribution is 5.91. The Bertz CT molecular complexity index is 653. The zero-order chi connectivity index (χ0) is 17.9. The summed E-state index contributed by atoms with van der Waals surface area (Å²) < 4.78 is 30.2. The molecule has 0 fully saturated rings. The molecule has 8 heteroatoms. The Balaban J connectivity index is 3.04. The Labute approximate surface area is 114 Å². The van der Waals surface area contributed by atoms with Crippen LogP contribution < -0.4 is 11.1 Å². The number of carboxylic acids is 1. The first-order valence-corrected chi connectivity index (χ1v) is 5.10. The normalized spacial score (nSPS) is 14.6. The average molecular weight is 271 g/mol. The lowest BCUT2D eigenvalue weighted by molar-refractivity contribution is -0.384. The Morgan fingerprint density at radius 1 is 1.47 bits per heavy atom. The van der Waals surface area contributed by atoms with Crippen molar-refractivity contribution in [2.24, 2.45) is 5.73 Å². The molecule has 4 N–H and O–H groups in total. The van der Waals surface area contributed by atoms with Crippen LogP contribution in [0.25, 0.3) is 0 Å². The topological polar surface area (TPSA) is 136 Å². The summed E-state index contributed by atoms with van der Waals surface area (Å²) in [5, 5.41) is 21.5.